The Morgan fingerprint density at radius 2 is 1.95 bits per heavy atom. The highest BCUT2D eigenvalue weighted by Crippen LogP contribution is 2.41. The standard InChI is InChI=1S/C15H19N3O/c19-15(14-8-4-5-9-14,10-18-12-16-11-17-18)13-6-2-1-3-7-13/h1-3,6-7,11-12,14,19H,4-5,8-10H2. The van der Waals surface area contributed by atoms with Crippen LogP contribution in [0.2, 0.25) is 0 Å². The van der Waals surface area contributed by atoms with Crippen LogP contribution in [0.25, 0.3) is 0 Å². The Labute approximate surface area is 113 Å². The molecule has 0 saturated heterocycles. The van der Waals surface area contributed by atoms with Crippen LogP contribution in [0.15, 0.2) is 43.0 Å². The average Bonchev–Trinajstić information content (AvgIpc) is 3.12. The molecule has 4 heteroatoms. The fourth-order valence-electron chi connectivity index (χ4n) is 3.15. The van der Waals surface area contributed by atoms with Crippen LogP contribution < -0.4 is 0 Å². The number of nitrogens with zero attached hydrogens (tertiary/aromatic N) is 3. The second-order valence-electron chi connectivity index (χ2n) is 5.36. The zero-order valence-electron chi connectivity index (χ0n) is 10.9. The molecule has 1 aromatic heterocycles. The van der Waals surface area contributed by atoms with Crippen LogP contribution in [0.1, 0.15) is 31.2 Å². The van der Waals surface area contributed by atoms with Gasteiger partial charge in [0, 0.05) is 0 Å². The minimum atomic E-state index is -0.842. The lowest BCUT2D eigenvalue weighted by molar-refractivity contribution is -0.0404. The minimum absolute atomic E-state index is 0.305. The third-order valence-corrected chi connectivity index (χ3v) is 4.17. The van der Waals surface area contributed by atoms with E-state index in [0.717, 1.165) is 18.4 Å². The summed E-state index contributed by atoms with van der Waals surface area (Å²) in [6.07, 6.45) is 7.76. The molecule has 1 heterocycles. The molecule has 1 unspecified atom stereocenters. The molecule has 0 radical (unpaired) electrons. The van der Waals surface area contributed by atoms with Crippen molar-refractivity contribution in [2.75, 3.05) is 0 Å². The van der Waals surface area contributed by atoms with Crippen molar-refractivity contribution in [2.45, 2.75) is 37.8 Å². The van der Waals surface area contributed by atoms with Crippen molar-refractivity contribution in [3.8, 4) is 0 Å². The number of hydrogen-bond donors (Lipinski definition) is 1. The van der Waals surface area contributed by atoms with Crippen molar-refractivity contribution in [1.82, 2.24) is 14.8 Å². The van der Waals surface area contributed by atoms with E-state index in [1.807, 2.05) is 30.3 Å². The normalized spacial score (nSPS) is 19.4. The van der Waals surface area contributed by atoms with Crippen LogP contribution in [0.4, 0.5) is 0 Å². The molecular weight excluding hydrogens is 238 g/mol. The molecule has 1 atom stereocenters. The summed E-state index contributed by atoms with van der Waals surface area (Å²) < 4.78 is 1.73. The van der Waals surface area contributed by atoms with Gasteiger partial charge in [-0.2, -0.15) is 5.10 Å². The summed E-state index contributed by atoms with van der Waals surface area (Å²) in [6.45, 7) is 0.474. The largest absolute Gasteiger partial charge is 0.383 e. The van der Waals surface area contributed by atoms with Gasteiger partial charge in [0.1, 0.15) is 18.3 Å². The molecule has 1 fully saturated rings. The molecule has 0 amide bonds. The van der Waals surface area contributed by atoms with Crippen LogP contribution in [-0.2, 0) is 12.1 Å². The van der Waals surface area contributed by atoms with Gasteiger partial charge in [-0.1, -0.05) is 43.2 Å². The van der Waals surface area contributed by atoms with Crippen molar-refractivity contribution < 1.29 is 5.11 Å². The third kappa shape index (κ3) is 2.40. The smallest absolute Gasteiger partial charge is 0.137 e. The van der Waals surface area contributed by atoms with Gasteiger partial charge in [0.25, 0.3) is 0 Å². The molecule has 1 aromatic carbocycles. The molecule has 19 heavy (non-hydrogen) atoms. The Bertz CT molecular complexity index is 505. The van der Waals surface area contributed by atoms with E-state index in [1.165, 1.54) is 19.2 Å². The van der Waals surface area contributed by atoms with E-state index in [4.69, 9.17) is 0 Å². The third-order valence-electron chi connectivity index (χ3n) is 4.17. The second kappa shape index (κ2) is 5.13. The van der Waals surface area contributed by atoms with Gasteiger partial charge in [-0.05, 0) is 24.3 Å². The predicted octanol–water partition coefficient (Wildman–Crippen LogP) is 2.36. The van der Waals surface area contributed by atoms with Crippen LogP contribution in [0, 0.1) is 5.92 Å². The first-order chi connectivity index (χ1) is 9.29. The zero-order valence-corrected chi connectivity index (χ0v) is 10.9. The molecule has 0 spiro atoms. The molecule has 0 aliphatic heterocycles. The van der Waals surface area contributed by atoms with Gasteiger partial charge in [-0.25, -0.2) is 9.67 Å². The number of hydrogen-bond acceptors (Lipinski definition) is 3. The summed E-state index contributed by atoms with van der Waals surface area (Å²) >= 11 is 0. The molecule has 1 saturated carbocycles. The number of rotatable bonds is 4. The highest BCUT2D eigenvalue weighted by molar-refractivity contribution is 5.23. The van der Waals surface area contributed by atoms with Crippen LogP contribution >= 0.6 is 0 Å². The maximum absolute atomic E-state index is 11.3. The molecule has 1 aliphatic carbocycles. The first kappa shape index (κ1) is 12.4. The molecule has 4 nitrogen and oxygen atoms in total. The Morgan fingerprint density at radius 1 is 1.21 bits per heavy atom. The Balaban J connectivity index is 1.94. The zero-order chi connectivity index (χ0) is 13.1. The van der Waals surface area contributed by atoms with Crippen LogP contribution in [-0.4, -0.2) is 19.9 Å². The molecule has 3 rings (SSSR count). The molecular formula is C15H19N3O. The summed E-state index contributed by atoms with van der Waals surface area (Å²) in [4.78, 5) is 3.97. The van der Waals surface area contributed by atoms with Gasteiger partial charge in [0.2, 0.25) is 0 Å². The van der Waals surface area contributed by atoms with Gasteiger partial charge >= 0.3 is 0 Å². The quantitative estimate of drug-likeness (QED) is 0.914. The van der Waals surface area contributed by atoms with E-state index < -0.39 is 5.60 Å². The van der Waals surface area contributed by atoms with Gasteiger partial charge in [0.15, 0.2) is 0 Å². The van der Waals surface area contributed by atoms with Crippen molar-refractivity contribution >= 4 is 0 Å². The average molecular weight is 257 g/mol. The van der Waals surface area contributed by atoms with Gasteiger partial charge in [-0.15, -0.1) is 0 Å². The maximum atomic E-state index is 11.3. The molecule has 1 aliphatic rings. The van der Waals surface area contributed by atoms with E-state index >= 15 is 0 Å². The van der Waals surface area contributed by atoms with Gasteiger partial charge in [0.05, 0.1) is 6.54 Å². The first-order valence-electron chi connectivity index (χ1n) is 6.89. The topological polar surface area (TPSA) is 50.9 Å². The number of aliphatic hydroxyl groups is 1. The second-order valence-corrected chi connectivity index (χ2v) is 5.36. The monoisotopic (exact) mass is 257 g/mol. The minimum Gasteiger partial charge on any atom is -0.383 e. The lowest BCUT2D eigenvalue weighted by Gasteiger charge is -2.34. The van der Waals surface area contributed by atoms with Crippen molar-refractivity contribution in [2.24, 2.45) is 5.92 Å². The summed E-state index contributed by atoms with van der Waals surface area (Å²) in [5, 5.41) is 15.4. The van der Waals surface area contributed by atoms with E-state index in [0.29, 0.717) is 12.5 Å². The SMILES string of the molecule is OC(Cn1cncn1)(c1ccccc1)C1CCCC1. The van der Waals surface area contributed by atoms with Gasteiger partial charge < -0.3 is 5.11 Å². The highest BCUT2D eigenvalue weighted by Gasteiger charge is 2.40. The molecule has 2 aromatic rings. The van der Waals surface area contributed by atoms with Crippen molar-refractivity contribution in [3.05, 3.63) is 48.5 Å². The molecule has 0 bridgehead atoms. The van der Waals surface area contributed by atoms with E-state index in [9.17, 15) is 5.11 Å². The Kier molecular flexibility index (Phi) is 3.34. The molecule has 100 valence electrons. The fourth-order valence-corrected chi connectivity index (χ4v) is 3.15. The number of benzene rings is 1. The van der Waals surface area contributed by atoms with E-state index in [2.05, 4.69) is 10.1 Å². The first-order valence-corrected chi connectivity index (χ1v) is 6.89. The summed E-state index contributed by atoms with van der Waals surface area (Å²) in [7, 11) is 0. The van der Waals surface area contributed by atoms with Crippen molar-refractivity contribution in [1.29, 1.82) is 0 Å². The lowest BCUT2D eigenvalue weighted by atomic mass is 9.80. The van der Waals surface area contributed by atoms with Crippen LogP contribution in [0.3, 0.4) is 0 Å². The number of aromatic nitrogens is 3. The maximum Gasteiger partial charge on any atom is 0.137 e. The lowest BCUT2D eigenvalue weighted by Crippen LogP contribution is -2.38. The molecule has 1 N–H and O–H groups in total. The van der Waals surface area contributed by atoms with E-state index in [1.54, 1.807) is 11.0 Å². The van der Waals surface area contributed by atoms with Gasteiger partial charge in [-0.3, -0.25) is 0 Å². The van der Waals surface area contributed by atoms with Crippen LogP contribution in [0.5, 0.6) is 0 Å². The summed E-state index contributed by atoms with van der Waals surface area (Å²) in [5.41, 5.74) is 0.142. The summed E-state index contributed by atoms with van der Waals surface area (Å²) in [5.74, 6) is 0.305. The fraction of sp³-hybridized carbons (Fsp3) is 0.467. The Morgan fingerprint density at radius 3 is 2.58 bits per heavy atom. The van der Waals surface area contributed by atoms with Crippen molar-refractivity contribution in [3.63, 3.8) is 0 Å². The Hall–Kier alpha value is -1.68. The summed E-state index contributed by atoms with van der Waals surface area (Å²) in [6, 6.07) is 9.96. The van der Waals surface area contributed by atoms with E-state index in [-0.39, 0.29) is 0 Å². The highest BCUT2D eigenvalue weighted by atomic mass is 16.3. The predicted molar refractivity (Wildman–Crippen MR) is 72.3 cm³/mol.